The van der Waals surface area contributed by atoms with Gasteiger partial charge in [-0.1, -0.05) is 32.9 Å². The van der Waals surface area contributed by atoms with Crippen LogP contribution in [0.15, 0.2) is 52.5 Å². The molecular weight excluding hydrogens is 418 g/mol. The van der Waals surface area contributed by atoms with E-state index in [4.69, 9.17) is 25.6 Å². The van der Waals surface area contributed by atoms with Crippen molar-refractivity contribution in [3.63, 3.8) is 0 Å². The van der Waals surface area contributed by atoms with Gasteiger partial charge < -0.3 is 35.9 Å². The molecule has 180 valence electrons. The van der Waals surface area contributed by atoms with Crippen LogP contribution in [0.2, 0.25) is 0 Å². The van der Waals surface area contributed by atoms with Crippen LogP contribution >= 0.6 is 0 Å². The van der Waals surface area contributed by atoms with Crippen molar-refractivity contribution in [2.24, 2.45) is 16.1 Å². The number of benzene rings is 1. The van der Waals surface area contributed by atoms with Crippen LogP contribution in [0.3, 0.4) is 0 Å². The van der Waals surface area contributed by atoms with Crippen LogP contribution < -0.4 is 15.8 Å². The monoisotopic (exact) mass is 455 g/mol. The van der Waals surface area contributed by atoms with E-state index in [1.807, 2.05) is 30.3 Å². The summed E-state index contributed by atoms with van der Waals surface area (Å²) >= 11 is 0. The van der Waals surface area contributed by atoms with E-state index in [1.165, 1.54) is 6.21 Å². The number of aliphatic hydroxyl groups is 1. The first-order chi connectivity index (χ1) is 15.7. The third-order valence-electron chi connectivity index (χ3n) is 5.92. The molecule has 8 nitrogen and oxygen atoms in total. The standard InChI is InChI=1S/C25H37N5O3/c1-25(2,3)21(15-27)24-28-22(13-23(29-24)30(4)18-8-10-32-11-9-18)17-6-5-7-20(12-17)33-16-19(31)14-26/h5-7,12-13,15,18-19,27,29,31H,8-11,14,16,26H2,1-4H3/b24-21+,27-15?. The summed E-state index contributed by atoms with van der Waals surface area (Å²) in [5, 5.41) is 21.2. The molecular formula is C25H37N5O3. The van der Waals surface area contributed by atoms with Crippen molar-refractivity contribution in [2.75, 3.05) is 33.4 Å². The zero-order valence-corrected chi connectivity index (χ0v) is 20.1. The molecule has 8 heteroatoms. The van der Waals surface area contributed by atoms with Crippen LogP contribution in [0.1, 0.15) is 39.2 Å². The van der Waals surface area contributed by atoms with Gasteiger partial charge in [0.25, 0.3) is 0 Å². The fourth-order valence-electron chi connectivity index (χ4n) is 3.85. The summed E-state index contributed by atoms with van der Waals surface area (Å²) in [5.74, 6) is 2.26. The van der Waals surface area contributed by atoms with Gasteiger partial charge in [-0.2, -0.15) is 0 Å². The van der Waals surface area contributed by atoms with Gasteiger partial charge in [0.1, 0.15) is 30.1 Å². The number of aliphatic hydroxyl groups excluding tert-OH is 1. The number of nitrogens with zero attached hydrogens (tertiary/aromatic N) is 2. The van der Waals surface area contributed by atoms with E-state index in [-0.39, 0.29) is 18.6 Å². The molecule has 0 amide bonds. The quantitative estimate of drug-likeness (QED) is 0.448. The van der Waals surface area contributed by atoms with Gasteiger partial charge in [-0.05, 0) is 30.4 Å². The van der Waals surface area contributed by atoms with Crippen LogP contribution in [0, 0.1) is 10.8 Å². The first kappa shape index (κ1) is 25.0. The van der Waals surface area contributed by atoms with Crippen molar-refractivity contribution in [1.29, 1.82) is 5.41 Å². The second-order valence-electron chi connectivity index (χ2n) is 9.49. The fraction of sp³-hybridized carbons (Fsp3) is 0.520. The smallest absolute Gasteiger partial charge is 0.137 e. The molecule has 1 saturated heterocycles. The number of ether oxygens (including phenoxy) is 2. The van der Waals surface area contributed by atoms with E-state index >= 15 is 0 Å². The number of rotatable bonds is 8. The number of nitrogens with one attached hydrogen (secondary N) is 2. The summed E-state index contributed by atoms with van der Waals surface area (Å²) in [6.45, 7) is 8.03. The molecule has 0 radical (unpaired) electrons. The lowest BCUT2D eigenvalue weighted by molar-refractivity contribution is 0.0511. The lowest BCUT2D eigenvalue weighted by atomic mass is 9.86. The highest BCUT2D eigenvalue weighted by Gasteiger charge is 2.27. The average molecular weight is 456 g/mol. The van der Waals surface area contributed by atoms with Gasteiger partial charge in [0.05, 0.1) is 5.71 Å². The summed E-state index contributed by atoms with van der Waals surface area (Å²) in [6, 6.07) is 8.02. The minimum absolute atomic E-state index is 0.134. The Labute approximate surface area is 196 Å². The van der Waals surface area contributed by atoms with Crippen LogP contribution in [0.5, 0.6) is 5.75 Å². The summed E-state index contributed by atoms with van der Waals surface area (Å²) in [5.41, 5.74) is 7.73. The average Bonchev–Trinajstić information content (AvgIpc) is 2.82. The Morgan fingerprint density at radius 3 is 2.76 bits per heavy atom. The largest absolute Gasteiger partial charge is 0.491 e. The number of hydrogen-bond acceptors (Lipinski definition) is 8. The first-order valence-electron chi connectivity index (χ1n) is 11.5. The molecule has 0 spiro atoms. The van der Waals surface area contributed by atoms with Crippen molar-refractivity contribution in [3.8, 4) is 5.75 Å². The maximum atomic E-state index is 9.72. The van der Waals surface area contributed by atoms with Crippen LogP contribution in [-0.4, -0.2) is 67.5 Å². The molecule has 2 aliphatic heterocycles. The van der Waals surface area contributed by atoms with Gasteiger partial charge in [-0.25, -0.2) is 4.99 Å². The minimum atomic E-state index is -0.707. The summed E-state index contributed by atoms with van der Waals surface area (Å²) in [4.78, 5) is 7.15. The third-order valence-corrected chi connectivity index (χ3v) is 5.92. The van der Waals surface area contributed by atoms with Crippen LogP contribution in [0.4, 0.5) is 0 Å². The molecule has 1 atom stereocenters. The van der Waals surface area contributed by atoms with E-state index < -0.39 is 6.10 Å². The number of allylic oxidation sites excluding steroid dienone is 2. The maximum absolute atomic E-state index is 9.72. The Hall–Kier alpha value is -2.68. The molecule has 0 aliphatic carbocycles. The fourth-order valence-corrected chi connectivity index (χ4v) is 3.85. The summed E-state index contributed by atoms with van der Waals surface area (Å²) < 4.78 is 11.3. The highest BCUT2D eigenvalue weighted by Crippen LogP contribution is 2.30. The van der Waals surface area contributed by atoms with Crippen LogP contribution in [-0.2, 0) is 4.74 Å². The lowest BCUT2D eigenvalue weighted by Crippen LogP contribution is -2.41. The molecule has 1 aromatic rings. The molecule has 2 aliphatic rings. The minimum Gasteiger partial charge on any atom is -0.491 e. The van der Waals surface area contributed by atoms with E-state index in [0.717, 1.165) is 48.7 Å². The highest BCUT2D eigenvalue weighted by atomic mass is 16.5. The van der Waals surface area contributed by atoms with Crippen molar-refractivity contribution < 1.29 is 14.6 Å². The molecule has 1 fully saturated rings. The molecule has 0 bridgehead atoms. The molecule has 33 heavy (non-hydrogen) atoms. The van der Waals surface area contributed by atoms with Gasteiger partial charge in [0.2, 0.25) is 0 Å². The van der Waals surface area contributed by atoms with Crippen molar-refractivity contribution in [2.45, 2.75) is 45.8 Å². The molecule has 0 saturated carbocycles. The Kier molecular flexibility index (Phi) is 8.29. The summed E-state index contributed by atoms with van der Waals surface area (Å²) in [7, 11) is 2.09. The Balaban J connectivity index is 1.99. The van der Waals surface area contributed by atoms with Gasteiger partial charge in [-0.15, -0.1) is 0 Å². The predicted octanol–water partition coefficient (Wildman–Crippen LogP) is 2.64. The highest BCUT2D eigenvalue weighted by molar-refractivity contribution is 6.10. The van der Waals surface area contributed by atoms with E-state index in [2.05, 4.69) is 38.0 Å². The third kappa shape index (κ3) is 6.43. The summed E-state index contributed by atoms with van der Waals surface area (Å²) in [6.07, 6.45) is 4.64. The van der Waals surface area contributed by atoms with Crippen LogP contribution in [0.25, 0.3) is 0 Å². The normalized spacial score (nSPS) is 19.7. The number of nitrogens with two attached hydrogens (primary N) is 1. The Morgan fingerprint density at radius 2 is 2.12 bits per heavy atom. The lowest BCUT2D eigenvalue weighted by Gasteiger charge is -2.36. The topological polar surface area (TPSA) is 116 Å². The van der Waals surface area contributed by atoms with Crippen molar-refractivity contribution in [3.05, 3.63) is 53.1 Å². The Morgan fingerprint density at radius 1 is 1.39 bits per heavy atom. The van der Waals surface area contributed by atoms with Crippen molar-refractivity contribution >= 4 is 11.9 Å². The molecule has 1 unspecified atom stereocenters. The van der Waals surface area contributed by atoms with Gasteiger partial charge in [-0.3, -0.25) is 0 Å². The van der Waals surface area contributed by atoms with E-state index in [1.54, 1.807) is 0 Å². The zero-order valence-electron chi connectivity index (χ0n) is 20.1. The molecule has 5 N–H and O–H groups in total. The Bertz CT molecular complexity index is 926. The van der Waals surface area contributed by atoms with Crippen molar-refractivity contribution in [1.82, 2.24) is 10.2 Å². The second-order valence-corrected chi connectivity index (χ2v) is 9.49. The SMILES string of the molecule is CN(C1=CC(c2cccc(OCC(O)CN)c2)=N/C(=C(/C=N)C(C)(C)C)N1)C1CCOCC1. The first-order valence-corrected chi connectivity index (χ1v) is 11.5. The number of hydrogen-bond donors (Lipinski definition) is 4. The molecule has 0 aromatic heterocycles. The maximum Gasteiger partial charge on any atom is 0.137 e. The predicted molar refractivity (Wildman–Crippen MR) is 132 cm³/mol. The molecule has 2 heterocycles. The van der Waals surface area contributed by atoms with E-state index in [9.17, 15) is 5.11 Å². The second kappa shape index (κ2) is 11.0. The molecule has 1 aromatic carbocycles. The van der Waals surface area contributed by atoms with Gasteiger partial charge in [0.15, 0.2) is 0 Å². The van der Waals surface area contributed by atoms with Gasteiger partial charge in [0, 0.05) is 56.3 Å². The zero-order chi connectivity index (χ0) is 24.0. The molecule has 3 rings (SSSR count). The number of aliphatic imine (C=N–C) groups is 1. The van der Waals surface area contributed by atoms with E-state index in [0.29, 0.717) is 17.6 Å². The van der Waals surface area contributed by atoms with Gasteiger partial charge >= 0.3 is 0 Å².